The van der Waals surface area contributed by atoms with Gasteiger partial charge in [0.15, 0.2) is 0 Å². The van der Waals surface area contributed by atoms with Crippen LogP contribution in [0, 0.1) is 0 Å². The first-order valence-electron chi connectivity index (χ1n) is 10.1. The standard InChI is InChI=1S/C23H30N2O/c1-18(20-11-10-19-6-2-3-7-21(19)16-20)24-17-22-8-4-5-9-23(22)25-12-14-26-15-13-25/h4-5,8-11,16,18,24H,2-3,6-7,12-15,17H2,1H3. The summed E-state index contributed by atoms with van der Waals surface area (Å²) < 4.78 is 5.51. The Hall–Kier alpha value is -1.84. The molecule has 0 aromatic heterocycles. The summed E-state index contributed by atoms with van der Waals surface area (Å²) in [5, 5.41) is 3.74. The van der Waals surface area contributed by atoms with E-state index in [1.807, 2.05) is 0 Å². The van der Waals surface area contributed by atoms with Crippen LogP contribution in [-0.4, -0.2) is 26.3 Å². The maximum absolute atomic E-state index is 5.51. The van der Waals surface area contributed by atoms with E-state index in [1.165, 1.54) is 42.5 Å². The Kier molecular flexibility index (Phi) is 5.57. The van der Waals surface area contributed by atoms with Crippen LogP contribution in [0.3, 0.4) is 0 Å². The predicted molar refractivity (Wildman–Crippen MR) is 108 cm³/mol. The number of nitrogens with zero attached hydrogens (tertiary/aromatic N) is 1. The van der Waals surface area contributed by atoms with Crippen molar-refractivity contribution >= 4 is 5.69 Å². The number of benzene rings is 2. The zero-order chi connectivity index (χ0) is 17.8. The van der Waals surface area contributed by atoms with E-state index in [0.29, 0.717) is 6.04 Å². The van der Waals surface area contributed by atoms with Crippen LogP contribution in [0.2, 0.25) is 0 Å². The van der Waals surface area contributed by atoms with Gasteiger partial charge in [-0.15, -0.1) is 0 Å². The van der Waals surface area contributed by atoms with Gasteiger partial charge in [-0.05, 0) is 60.9 Å². The van der Waals surface area contributed by atoms with E-state index in [9.17, 15) is 0 Å². The molecule has 26 heavy (non-hydrogen) atoms. The number of hydrogen-bond acceptors (Lipinski definition) is 3. The third-order valence-corrected chi connectivity index (χ3v) is 5.81. The number of ether oxygens (including phenoxy) is 1. The fourth-order valence-corrected chi connectivity index (χ4v) is 4.18. The third kappa shape index (κ3) is 3.94. The molecule has 1 unspecified atom stereocenters. The van der Waals surface area contributed by atoms with E-state index < -0.39 is 0 Å². The molecule has 2 aliphatic rings. The van der Waals surface area contributed by atoms with Crippen molar-refractivity contribution in [2.75, 3.05) is 31.2 Å². The lowest BCUT2D eigenvalue weighted by Crippen LogP contribution is -2.37. The SMILES string of the molecule is CC(NCc1ccccc1N1CCOCC1)c1ccc2c(c1)CCCC2. The highest BCUT2D eigenvalue weighted by atomic mass is 16.5. The molecule has 1 saturated heterocycles. The molecule has 0 amide bonds. The Bertz CT molecular complexity index is 737. The van der Waals surface area contributed by atoms with Crippen LogP contribution < -0.4 is 10.2 Å². The number of aryl methyl sites for hydroxylation is 2. The topological polar surface area (TPSA) is 24.5 Å². The molecule has 1 aliphatic heterocycles. The minimum absolute atomic E-state index is 0.361. The van der Waals surface area contributed by atoms with Crippen LogP contribution in [0.15, 0.2) is 42.5 Å². The normalized spacial score (nSPS) is 18.4. The monoisotopic (exact) mass is 350 g/mol. The van der Waals surface area contributed by atoms with Crippen molar-refractivity contribution < 1.29 is 4.74 Å². The Morgan fingerprint density at radius 1 is 1.00 bits per heavy atom. The highest BCUT2D eigenvalue weighted by molar-refractivity contribution is 5.54. The van der Waals surface area contributed by atoms with Crippen molar-refractivity contribution in [1.29, 1.82) is 0 Å². The molecule has 0 radical (unpaired) electrons. The summed E-state index contributed by atoms with van der Waals surface area (Å²) in [5.41, 5.74) is 7.26. The second-order valence-corrected chi connectivity index (χ2v) is 7.57. The van der Waals surface area contributed by atoms with Crippen LogP contribution in [0.25, 0.3) is 0 Å². The van der Waals surface area contributed by atoms with Gasteiger partial charge in [0.25, 0.3) is 0 Å². The van der Waals surface area contributed by atoms with E-state index in [2.05, 4.69) is 59.6 Å². The minimum atomic E-state index is 0.361. The van der Waals surface area contributed by atoms with Gasteiger partial charge in [0.1, 0.15) is 0 Å². The summed E-state index contributed by atoms with van der Waals surface area (Å²) in [4.78, 5) is 2.45. The summed E-state index contributed by atoms with van der Waals surface area (Å²) in [6.07, 6.45) is 5.18. The Balaban J connectivity index is 1.44. The molecule has 1 N–H and O–H groups in total. The van der Waals surface area contributed by atoms with Crippen molar-refractivity contribution in [2.24, 2.45) is 0 Å². The van der Waals surface area contributed by atoms with Gasteiger partial charge in [-0.2, -0.15) is 0 Å². The summed E-state index contributed by atoms with van der Waals surface area (Å²) in [6.45, 7) is 6.79. The molecule has 0 bridgehead atoms. The summed E-state index contributed by atoms with van der Waals surface area (Å²) in [7, 11) is 0. The quantitative estimate of drug-likeness (QED) is 0.872. The van der Waals surface area contributed by atoms with E-state index >= 15 is 0 Å². The molecule has 1 aliphatic carbocycles. The van der Waals surface area contributed by atoms with Crippen molar-refractivity contribution in [3.8, 4) is 0 Å². The largest absolute Gasteiger partial charge is 0.378 e. The molecule has 3 nitrogen and oxygen atoms in total. The van der Waals surface area contributed by atoms with Gasteiger partial charge in [-0.1, -0.05) is 36.4 Å². The first-order chi connectivity index (χ1) is 12.8. The van der Waals surface area contributed by atoms with Gasteiger partial charge in [-0.25, -0.2) is 0 Å². The first kappa shape index (κ1) is 17.6. The molecule has 2 aromatic rings. The second-order valence-electron chi connectivity index (χ2n) is 7.57. The van der Waals surface area contributed by atoms with Crippen LogP contribution >= 0.6 is 0 Å². The molecular formula is C23H30N2O. The lowest BCUT2D eigenvalue weighted by Gasteiger charge is -2.31. The number of anilines is 1. The van der Waals surface area contributed by atoms with Gasteiger partial charge >= 0.3 is 0 Å². The highest BCUT2D eigenvalue weighted by Gasteiger charge is 2.16. The zero-order valence-electron chi connectivity index (χ0n) is 15.8. The molecule has 4 rings (SSSR count). The lowest BCUT2D eigenvalue weighted by molar-refractivity contribution is 0.122. The highest BCUT2D eigenvalue weighted by Crippen LogP contribution is 2.26. The smallest absolute Gasteiger partial charge is 0.0642 e. The number of rotatable bonds is 5. The predicted octanol–water partition coefficient (Wildman–Crippen LogP) is 4.25. The molecule has 0 spiro atoms. The van der Waals surface area contributed by atoms with Crippen molar-refractivity contribution in [3.05, 3.63) is 64.7 Å². The summed E-state index contributed by atoms with van der Waals surface area (Å²) in [5.74, 6) is 0. The van der Waals surface area contributed by atoms with Gasteiger partial charge in [-0.3, -0.25) is 0 Å². The maximum atomic E-state index is 5.51. The van der Waals surface area contributed by atoms with Crippen molar-refractivity contribution in [1.82, 2.24) is 5.32 Å². The van der Waals surface area contributed by atoms with Crippen molar-refractivity contribution in [2.45, 2.75) is 45.2 Å². The van der Waals surface area contributed by atoms with Gasteiger partial charge in [0.2, 0.25) is 0 Å². The zero-order valence-corrected chi connectivity index (χ0v) is 15.8. The fourth-order valence-electron chi connectivity index (χ4n) is 4.18. The number of hydrogen-bond donors (Lipinski definition) is 1. The number of fused-ring (bicyclic) bond motifs is 1. The van der Waals surface area contributed by atoms with E-state index in [-0.39, 0.29) is 0 Å². The maximum Gasteiger partial charge on any atom is 0.0642 e. The molecule has 0 saturated carbocycles. The number of para-hydroxylation sites is 1. The average Bonchev–Trinajstić information content (AvgIpc) is 2.72. The van der Waals surface area contributed by atoms with E-state index in [0.717, 1.165) is 32.8 Å². The van der Waals surface area contributed by atoms with Crippen LogP contribution in [0.5, 0.6) is 0 Å². The fraction of sp³-hybridized carbons (Fsp3) is 0.478. The summed E-state index contributed by atoms with van der Waals surface area (Å²) in [6, 6.07) is 16.2. The molecule has 1 heterocycles. The summed E-state index contributed by atoms with van der Waals surface area (Å²) >= 11 is 0. The molecule has 1 fully saturated rings. The molecule has 3 heteroatoms. The van der Waals surface area contributed by atoms with Gasteiger partial charge < -0.3 is 15.0 Å². The minimum Gasteiger partial charge on any atom is -0.378 e. The second kappa shape index (κ2) is 8.24. The van der Waals surface area contributed by atoms with E-state index in [4.69, 9.17) is 4.74 Å². The Labute approximate surface area is 157 Å². The number of nitrogens with one attached hydrogen (secondary N) is 1. The molecule has 1 atom stereocenters. The average molecular weight is 351 g/mol. The van der Waals surface area contributed by atoms with Crippen LogP contribution in [-0.2, 0) is 24.1 Å². The molecule has 2 aromatic carbocycles. The third-order valence-electron chi connectivity index (χ3n) is 5.81. The Morgan fingerprint density at radius 3 is 2.62 bits per heavy atom. The molecule has 138 valence electrons. The molecular weight excluding hydrogens is 320 g/mol. The van der Waals surface area contributed by atoms with E-state index in [1.54, 1.807) is 11.1 Å². The van der Waals surface area contributed by atoms with Crippen LogP contribution in [0.4, 0.5) is 5.69 Å². The first-order valence-corrected chi connectivity index (χ1v) is 10.1. The lowest BCUT2D eigenvalue weighted by atomic mass is 9.89. The number of morpholine rings is 1. The van der Waals surface area contributed by atoms with Crippen LogP contribution in [0.1, 0.15) is 48.1 Å². The van der Waals surface area contributed by atoms with Gasteiger partial charge in [0, 0.05) is 31.4 Å². The van der Waals surface area contributed by atoms with Crippen molar-refractivity contribution in [3.63, 3.8) is 0 Å². The van der Waals surface area contributed by atoms with Gasteiger partial charge in [0.05, 0.1) is 13.2 Å². The Morgan fingerprint density at radius 2 is 1.77 bits per heavy atom.